The van der Waals surface area contributed by atoms with E-state index >= 15 is 0 Å². The third-order valence-corrected chi connectivity index (χ3v) is 5.49. The van der Waals surface area contributed by atoms with Gasteiger partial charge in [-0.05, 0) is 44.4 Å². The molecule has 0 aromatic carbocycles. The highest BCUT2D eigenvalue weighted by atomic mass is 32.1. The zero-order valence-electron chi connectivity index (χ0n) is 11.8. The summed E-state index contributed by atoms with van der Waals surface area (Å²) < 4.78 is 0. The Balaban J connectivity index is 1.92. The van der Waals surface area contributed by atoms with Gasteiger partial charge in [0.1, 0.15) is 5.01 Å². The molecule has 2 nitrogen and oxygen atoms in total. The van der Waals surface area contributed by atoms with E-state index in [0.29, 0.717) is 5.41 Å². The second-order valence-electron chi connectivity index (χ2n) is 6.99. The first-order valence-corrected chi connectivity index (χ1v) is 8.07. The molecule has 1 N–H and O–H groups in total. The van der Waals surface area contributed by atoms with Crippen molar-refractivity contribution in [3.05, 3.63) is 16.1 Å². The van der Waals surface area contributed by atoms with E-state index in [1.54, 1.807) is 0 Å². The molecule has 3 heteroatoms. The molecule has 18 heavy (non-hydrogen) atoms. The summed E-state index contributed by atoms with van der Waals surface area (Å²) in [4.78, 5) is 4.81. The Morgan fingerprint density at radius 3 is 2.67 bits per heavy atom. The number of hydrogen-bond acceptors (Lipinski definition) is 3. The molecule has 100 valence electrons. The van der Waals surface area contributed by atoms with Crippen LogP contribution < -0.4 is 5.32 Å². The zero-order chi connectivity index (χ0) is 12.8. The summed E-state index contributed by atoms with van der Waals surface area (Å²) in [5.41, 5.74) is 1.79. The first-order chi connectivity index (χ1) is 8.49. The molecule has 1 unspecified atom stereocenters. The maximum atomic E-state index is 4.81. The SMILES string of the molecule is Cc1csc(C2(NC3CC3)CCCC(C)(C)C2)n1. The van der Waals surface area contributed by atoms with E-state index in [2.05, 4.69) is 31.5 Å². The maximum Gasteiger partial charge on any atom is 0.113 e. The van der Waals surface area contributed by atoms with Gasteiger partial charge in [-0.3, -0.25) is 0 Å². The Bertz CT molecular complexity index is 433. The molecule has 0 aliphatic heterocycles. The van der Waals surface area contributed by atoms with E-state index < -0.39 is 0 Å². The molecule has 0 saturated heterocycles. The minimum absolute atomic E-state index is 0.168. The van der Waals surface area contributed by atoms with Crippen molar-refractivity contribution in [1.82, 2.24) is 10.3 Å². The summed E-state index contributed by atoms with van der Waals surface area (Å²) >= 11 is 1.85. The fourth-order valence-electron chi connectivity index (χ4n) is 3.42. The van der Waals surface area contributed by atoms with Crippen LogP contribution in [0.25, 0.3) is 0 Å². The molecule has 2 saturated carbocycles. The van der Waals surface area contributed by atoms with E-state index in [1.165, 1.54) is 49.2 Å². The summed E-state index contributed by atoms with van der Waals surface area (Å²) in [6.45, 7) is 6.94. The standard InChI is InChI=1S/C15H24N2S/c1-11-9-18-13(16-11)15(17-12-5-6-12)8-4-7-14(2,3)10-15/h9,12,17H,4-8,10H2,1-3H3. The Labute approximate surface area is 114 Å². The van der Waals surface area contributed by atoms with Crippen LogP contribution in [0.4, 0.5) is 0 Å². The van der Waals surface area contributed by atoms with Gasteiger partial charge in [-0.15, -0.1) is 11.3 Å². The van der Waals surface area contributed by atoms with Gasteiger partial charge in [0.2, 0.25) is 0 Å². The number of aromatic nitrogens is 1. The highest BCUT2D eigenvalue weighted by molar-refractivity contribution is 7.09. The smallest absolute Gasteiger partial charge is 0.113 e. The fourth-order valence-corrected chi connectivity index (χ4v) is 4.41. The van der Waals surface area contributed by atoms with Crippen molar-refractivity contribution in [3.63, 3.8) is 0 Å². The van der Waals surface area contributed by atoms with E-state index in [9.17, 15) is 0 Å². The zero-order valence-corrected chi connectivity index (χ0v) is 12.6. The molecule has 0 radical (unpaired) electrons. The number of nitrogens with one attached hydrogen (secondary N) is 1. The minimum Gasteiger partial charge on any atom is -0.303 e. The van der Waals surface area contributed by atoms with Crippen molar-refractivity contribution in [1.29, 1.82) is 0 Å². The van der Waals surface area contributed by atoms with Crippen LogP contribution >= 0.6 is 11.3 Å². The Morgan fingerprint density at radius 1 is 1.33 bits per heavy atom. The van der Waals surface area contributed by atoms with Crippen LogP contribution in [-0.2, 0) is 5.54 Å². The maximum absolute atomic E-state index is 4.81. The van der Waals surface area contributed by atoms with Crippen molar-refractivity contribution in [2.75, 3.05) is 0 Å². The van der Waals surface area contributed by atoms with E-state index in [-0.39, 0.29) is 5.54 Å². The first-order valence-electron chi connectivity index (χ1n) is 7.20. The lowest BCUT2D eigenvalue weighted by atomic mass is 9.68. The lowest BCUT2D eigenvalue weighted by Crippen LogP contribution is -2.49. The largest absolute Gasteiger partial charge is 0.303 e. The van der Waals surface area contributed by atoms with Crippen LogP contribution in [0, 0.1) is 12.3 Å². The molecule has 1 heterocycles. The van der Waals surface area contributed by atoms with E-state index in [0.717, 1.165) is 6.04 Å². The molecule has 0 spiro atoms. The molecule has 2 aliphatic carbocycles. The lowest BCUT2D eigenvalue weighted by Gasteiger charge is -2.44. The van der Waals surface area contributed by atoms with Crippen LogP contribution in [0.2, 0.25) is 0 Å². The monoisotopic (exact) mass is 264 g/mol. The molecule has 2 aliphatic rings. The number of rotatable bonds is 3. The van der Waals surface area contributed by atoms with Gasteiger partial charge in [0.25, 0.3) is 0 Å². The number of hydrogen-bond donors (Lipinski definition) is 1. The Hall–Kier alpha value is -0.410. The predicted molar refractivity (Wildman–Crippen MR) is 76.9 cm³/mol. The molecule has 0 amide bonds. The van der Waals surface area contributed by atoms with Crippen LogP contribution in [-0.4, -0.2) is 11.0 Å². The van der Waals surface area contributed by atoms with Gasteiger partial charge >= 0.3 is 0 Å². The topological polar surface area (TPSA) is 24.9 Å². The summed E-state index contributed by atoms with van der Waals surface area (Å²) in [5.74, 6) is 0. The van der Waals surface area contributed by atoms with Crippen LogP contribution in [0.5, 0.6) is 0 Å². The fraction of sp³-hybridized carbons (Fsp3) is 0.800. The third-order valence-electron chi connectivity index (χ3n) is 4.32. The lowest BCUT2D eigenvalue weighted by molar-refractivity contribution is 0.116. The van der Waals surface area contributed by atoms with Gasteiger partial charge in [-0.25, -0.2) is 4.98 Å². The Morgan fingerprint density at radius 2 is 2.11 bits per heavy atom. The van der Waals surface area contributed by atoms with E-state index in [1.807, 2.05) is 11.3 Å². The molecule has 1 aromatic rings. The average Bonchev–Trinajstić information content (AvgIpc) is 2.96. The quantitative estimate of drug-likeness (QED) is 0.892. The molecular weight excluding hydrogens is 240 g/mol. The van der Waals surface area contributed by atoms with Gasteiger partial charge in [0.15, 0.2) is 0 Å². The van der Waals surface area contributed by atoms with Crippen LogP contribution in [0.1, 0.15) is 63.1 Å². The predicted octanol–water partition coefficient (Wildman–Crippen LogP) is 4.00. The van der Waals surface area contributed by atoms with Gasteiger partial charge in [0.05, 0.1) is 5.54 Å². The second kappa shape index (κ2) is 4.31. The molecule has 0 bridgehead atoms. The molecule has 1 atom stereocenters. The average molecular weight is 264 g/mol. The van der Waals surface area contributed by atoms with Crippen LogP contribution in [0.15, 0.2) is 5.38 Å². The van der Waals surface area contributed by atoms with Gasteiger partial charge in [-0.1, -0.05) is 20.3 Å². The minimum atomic E-state index is 0.168. The normalized spacial score (nSPS) is 31.5. The molecule has 2 fully saturated rings. The van der Waals surface area contributed by atoms with Crippen LogP contribution in [0.3, 0.4) is 0 Å². The van der Waals surface area contributed by atoms with E-state index in [4.69, 9.17) is 4.98 Å². The van der Waals surface area contributed by atoms with Gasteiger partial charge < -0.3 is 5.32 Å². The highest BCUT2D eigenvalue weighted by Crippen LogP contribution is 2.48. The molecular formula is C15H24N2S. The number of thiazole rings is 1. The number of nitrogens with zero attached hydrogens (tertiary/aromatic N) is 1. The number of aryl methyl sites for hydroxylation is 1. The third kappa shape index (κ3) is 2.48. The highest BCUT2D eigenvalue weighted by Gasteiger charge is 2.45. The van der Waals surface area contributed by atoms with Crippen molar-refractivity contribution in [2.24, 2.45) is 5.41 Å². The van der Waals surface area contributed by atoms with Crippen molar-refractivity contribution < 1.29 is 0 Å². The Kier molecular flexibility index (Phi) is 3.02. The molecule has 3 rings (SSSR count). The summed E-state index contributed by atoms with van der Waals surface area (Å²) in [6.07, 6.45) is 7.89. The summed E-state index contributed by atoms with van der Waals surface area (Å²) in [7, 11) is 0. The van der Waals surface area contributed by atoms with Gasteiger partial charge in [-0.2, -0.15) is 0 Å². The second-order valence-corrected chi connectivity index (χ2v) is 7.85. The summed E-state index contributed by atoms with van der Waals surface area (Å²) in [6, 6.07) is 0.753. The van der Waals surface area contributed by atoms with Crippen molar-refractivity contribution >= 4 is 11.3 Å². The molecule has 1 aromatic heterocycles. The summed E-state index contributed by atoms with van der Waals surface area (Å²) in [5, 5.41) is 7.47. The van der Waals surface area contributed by atoms with Gasteiger partial charge in [0, 0.05) is 17.1 Å². The van der Waals surface area contributed by atoms with Crippen molar-refractivity contribution in [2.45, 2.75) is 70.9 Å². The first kappa shape index (κ1) is 12.6. The van der Waals surface area contributed by atoms with Crippen molar-refractivity contribution in [3.8, 4) is 0 Å².